The Hall–Kier alpha value is -2.64. The molecule has 0 amide bonds. The number of nitrogens with one attached hydrogen (secondary N) is 1. The molecule has 0 fully saturated rings. The molecular formula is C10H9N3O5. The topological polar surface area (TPSA) is 107 Å². The maximum absolute atomic E-state index is 11.4. The monoisotopic (exact) mass is 251 g/mol. The maximum Gasteiger partial charge on any atom is 0.316 e. The van der Waals surface area contributed by atoms with Gasteiger partial charge in [-0.15, -0.1) is 0 Å². The zero-order chi connectivity index (χ0) is 13.4. The summed E-state index contributed by atoms with van der Waals surface area (Å²) in [6.07, 6.45) is 0. The molecule has 2 aromatic rings. The van der Waals surface area contributed by atoms with Crippen molar-refractivity contribution in [2.45, 2.75) is 0 Å². The molecule has 0 unspecified atom stereocenters. The average Bonchev–Trinajstić information content (AvgIpc) is 2.34. The summed E-state index contributed by atoms with van der Waals surface area (Å²) < 4.78 is 6.00. The van der Waals surface area contributed by atoms with E-state index in [1.807, 2.05) is 0 Å². The maximum atomic E-state index is 11.4. The lowest BCUT2D eigenvalue weighted by molar-refractivity contribution is -0.385. The van der Waals surface area contributed by atoms with Crippen molar-refractivity contribution in [1.29, 1.82) is 0 Å². The highest BCUT2D eigenvalue weighted by Gasteiger charge is 2.18. The first-order chi connectivity index (χ1) is 8.45. The van der Waals surface area contributed by atoms with Crippen LogP contribution in [0.1, 0.15) is 0 Å². The Balaban J connectivity index is 2.97. The second-order valence-corrected chi connectivity index (χ2v) is 3.62. The number of nitro benzene ring substituents is 1. The Morgan fingerprint density at radius 3 is 2.61 bits per heavy atom. The van der Waals surface area contributed by atoms with E-state index in [-0.39, 0.29) is 17.0 Å². The van der Waals surface area contributed by atoms with Gasteiger partial charge >= 0.3 is 16.8 Å². The predicted molar refractivity (Wildman–Crippen MR) is 63.0 cm³/mol. The number of rotatable bonds is 2. The quantitative estimate of drug-likeness (QED) is 0.464. The van der Waals surface area contributed by atoms with Crippen LogP contribution in [-0.4, -0.2) is 21.6 Å². The summed E-state index contributed by atoms with van der Waals surface area (Å²) in [6.45, 7) is 0. The molecule has 0 atom stereocenters. The Kier molecular flexibility index (Phi) is 2.62. The summed E-state index contributed by atoms with van der Waals surface area (Å²) in [6, 6.07) is 2.50. The van der Waals surface area contributed by atoms with E-state index in [9.17, 15) is 19.7 Å². The number of aryl methyl sites for hydroxylation is 1. The molecule has 0 saturated heterocycles. The lowest BCUT2D eigenvalue weighted by Gasteiger charge is -2.06. The fraction of sp³-hybridized carbons (Fsp3) is 0.200. The Bertz CT molecular complexity index is 758. The van der Waals surface area contributed by atoms with Crippen molar-refractivity contribution in [2.75, 3.05) is 7.11 Å². The fourth-order valence-corrected chi connectivity index (χ4v) is 1.68. The van der Waals surface area contributed by atoms with Crippen molar-refractivity contribution >= 4 is 16.7 Å². The van der Waals surface area contributed by atoms with Crippen LogP contribution >= 0.6 is 0 Å². The van der Waals surface area contributed by atoms with Gasteiger partial charge in [-0.2, -0.15) is 0 Å². The summed E-state index contributed by atoms with van der Waals surface area (Å²) in [5.74, 6) is 0.0227. The van der Waals surface area contributed by atoms with E-state index in [0.29, 0.717) is 5.52 Å². The van der Waals surface area contributed by atoms with Crippen LogP contribution in [0, 0.1) is 10.1 Å². The van der Waals surface area contributed by atoms with Crippen molar-refractivity contribution in [3.63, 3.8) is 0 Å². The van der Waals surface area contributed by atoms with Gasteiger partial charge in [0.05, 0.1) is 23.1 Å². The van der Waals surface area contributed by atoms with Gasteiger partial charge in [0.1, 0.15) is 0 Å². The zero-order valence-electron chi connectivity index (χ0n) is 9.59. The summed E-state index contributed by atoms with van der Waals surface area (Å²) in [5, 5.41) is 10.8. The molecule has 0 radical (unpaired) electrons. The van der Waals surface area contributed by atoms with Crippen molar-refractivity contribution < 1.29 is 9.66 Å². The molecule has 8 nitrogen and oxygen atoms in total. The number of ether oxygens (including phenoxy) is 1. The lowest BCUT2D eigenvalue weighted by atomic mass is 10.2. The van der Waals surface area contributed by atoms with E-state index in [1.165, 1.54) is 20.2 Å². The highest BCUT2D eigenvalue weighted by atomic mass is 16.6. The van der Waals surface area contributed by atoms with Crippen molar-refractivity contribution in [2.24, 2.45) is 7.05 Å². The molecule has 2 rings (SSSR count). The van der Waals surface area contributed by atoms with Gasteiger partial charge in [-0.3, -0.25) is 19.7 Å². The standard InChI is InChI=1S/C10H9N3O5/c1-12-6-4-8(18-2)7(13(16)17)3-5(6)11-9(14)10(12)15/h3-4H,1-2H3,(H,11,14). The van der Waals surface area contributed by atoms with Gasteiger partial charge < -0.3 is 14.3 Å². The van der Waals surface area contributed by atoms with Crippen molar-refractivity contribution in [1.82, 2.24) is 9.55 Å². The van der Waals surface area contributed by atoms with Gasteiger partial charge in [0.25, 0.3) is 0 Å². The number of nitrogens with zero attached hydrogens (tertiary/aromatic N) is 2. The third-order valence-corrected chi connectivity index (χ3v) is 2.60. The Labute approximate surface area is 99.6 Å². The number of H-pyrrole nitrogens is 1. The van der Waals surface area contributed by atoms with Crippen molar-refractivity contribution in [3.05, 3.63) is 43.0 Å². The molecule has 1 heterocycles. The van der Waals surface area contributed by atoms with E-state index in [4.69, 9.17) is 4.74 Å². The summed E-state index contributed by atoms with van der Waals surface area (Å²) in [5.41, 5.74) is -1.29. The molecule has 1 aromatic heterocycles. The number of methoxy groups -OCH3 is 1. The minimum Gasteiger partial charge on any atom is -0.490 e. The Morgan fingerprint density at radius 1 is 1.39 bits per heavy atom. The second-order valence-electron chi connectivity index (χ2n) is 3.62. The van der Waals surface area contributed by atoms with Crippen LogP contribution < -0.4 is 15.9 Å². The number of aromatic amines is 1. The summed E-state index contributed by atoms with van der Waals surface area (Å²) in [7, 11) is 2.70. The number of hydrogen-bond donors (Lipinski definition) is 1. The van der Waals surface area contributed by atoms with Crippen LogP contribution in [0.25, 0.3) is 11.0 Å². The number of nitro groups is 1. The van der Waals surface area contributed by atoms with E-state index < -0.39 is 16.0 Å². The summed E-state index contributed by atoms with van der Waals surface area (Å²) >= 11 is 0. The van der Waals surface area contributed by atoms with Gasteiger partial charge in [0, 0.05) is 19.2 Å². The predicted octanol–water partition coefficient (Wildman–Crippen LogP) is 0.144. The molecule has 0 aliphatic carbocycles. The first-order valence-corrected chi connectivity index (χ1v) is 4.91. The van der Waals surface area contributed by atoms with Crippen LogP contribution in [0.4, 0.5) is 5.69 Å². The van der Waals surface area contributed by atoms with Crippen LogP contribution in [0.2, 0.25) is 0 Å². The minimum absolute atomic E-state index is 0.0227. The SMILES string of the molecule is COc1cc2c(cc1[N+](=O)[O-])[nH]c(=O)c(=O)n2C. The first kappa shape index (κ1) is 11.8. The molecule has 0 bridgehead atoms. The summed E-state index contributed by atoms with van der Waals surface area (Å²) in [4.78, 5) is 35.2. The highest BCUT2D eigenvalue weighted by molar-refractivity contribution is 5.80. The van der Waals surface area contributed by atoms with Crippen LogP contribution in [0.15, 0.2) is 21.7 Å². The third kappa shape index (κ3) is 1.63. The molecule has 0 spiro atoms. The molecule has 0 aliphatic rings. The lowest BCUT2D eigenvalue weighted by Crippen LogP contribution is -2.34. The van der Waals surface area contributed by atoms with E-state index >= 15 is 0 Å². The molecular weight excluding hydrogens is 242 g/mol. The number of hydrogen-bond acceptors (Lipinski definition) is 5. The fourth-order valence-electron chi connectivity index (χ4n) is 1.68. The van der Waals surface area contributed by atoms with E-state index in [2.05, 4.69) is 4.98 Å². The molecule has 94 valence electrons. The van der Waals surface area contributed by atoms with Gasteiger partial charge in [-0.05, 0) is 0 Å². The smallest absolute Gasteiger partial charge is 0.316 e. The molecule has 0 saturated carbocycles. The number of benzene rings is 1. The molecule has 8 heteroatoms. The molecule has 0 aliphatic heterocycles. The van der Waals surface area contributed by atoms with Crippen LogP contribution in [0.3, 0.4) is 0 Å². The van der Waals surface area contributed by atoms with E-state index in [0.717, 1.165) is 10.6 Å². The normalized spacial score (nSPS) is 10.6. The highest BCUT2D eigenvalue weighted by Crippen LogP contribution is 2.29. The van der Waals surface area contributed by atoms with Gasteiger partial charge in [-0.1, -0.05) is 0 Å². The number of aromatic nitrogens is 2. The Morgan fingerprint density at radius 2 is 2.06 bits per heavy atom. The van der Waals surface area contributed by atoms with Crippen LogP contribution in [0.5, 0.6) is 5.75 Å². The van der Waals surface area contributed by atoms with Gasteiger partial charge in [-0.25, -0.2) is 0 Å². The molecule has 18 heavy (non-hydrogen) atoms. The molecule has 1 N–H and O–H groups in total. The van der Waals surface area contributed by atoms with Gasteiger partial charge in [0.15, 0.2) is 5.75 Å². The second kappa shape index (κ2) is 3.99. The largest absolute Gasteiger partial charge is 0.490 e. The van der Waals surface area contributed by atoms with Crippen molar-refractivity contribution in [3.8, 4) is 5.75 Å². The number of fused-ring (bicyclic) bond motifs is 1. The van der Waals surface area contributed by atoms with E-state index in [1.54, 1.807) is 0 Å². The first-order valence-electron chi connectivity index (χ1n) is 4.91. The zero-order valence-corrected chi connectivity index (χ0v) is 9.59. The minimum atomic E-state index is -0.829. The van der Waals surface area contributed by atoms with Crippen LogP contribution in [-0.2, 0) is 7.05 Å². The van der Waals surface area contributed by atoms with Gasteiger partial charge in [0.2, 0.25) is 0 Å². The third-order valence-electron chi connectivity index (χ3n) is 2.60. The average molecular weight is 251 g/mol. The molecule has 1 aromatic carbocycles.